The van der Waals surface area contributed by atoms with Crippen LogP contribution in [0.4, 0.5) is 0 Å². The van der Waals surface area contributed by atoms with Gasteiger partial charge >= 0.3 is 0 Å². The molecule has 114 valence electrons. The first-order chi connectivity index (χ1) is 9.75. The van der Waals surface area contributed by atoms with Crippen LogP contribution in [0.1, 0.15) is 29.3 Å². The van der Waals surface area contributed by atoms with Crippen molar-refractivity contribution in [2.45, 2.75) is 18.9 Å². The highest BCUT2D eigenvalue weighted by molar-refractivity contribution is 7.91. The number of hydrogen-bond acceptors (Lipinski definition) is 5. The third-order valence-corrected chi connectivity index (χ3v) is 5.37. The van der Waals surface area contributed by atoms with Crippen LogP contribution in [-0.2, 0) is 9.84 Å². The summed E-state index contributed by atoms with van der Waals surface area (Å²) in [6.07, 6.45) is 0.406. The van der Waals surface area contributed by atoms with Crippen LogP contribution in [0, 0.1) is 0 Å². The summed E-state index contributed by atoms with van der Waals surface area (Å²) in [5.41, 5.74) is 5.57. The van der Waals surface area contributed by atoms with Gasteiger partial charge in [-0.3, -0.25) is 4.79 Å². The highest BCUT2D eigenvalue weighted by atomic mass is 32.2. The molecule has 0 spiro atoms. The Labute approximate surface area is 122 Å². The highest BCUT2D eigenvalue weighted by Gasteiger charge is 2.39. The molecule has 1 heterocycles. The maximum absolute atomic E-state index is 12.2. The van der Waals surface area contributed by atoms with Gasteiger partial charge in [-0.05, 0) is 25.5 Å². The molecule has 0 aliphatic carbocycles. The fraction of sp³-hybridized carbons (Fsp3) is 0.385. The molecule has 0 aromatic heterocycles. The molecule has 2 rings (SSSR count). The van der Waals surface area contributed by atoms with E-state index in [1.165, 1.54) is 12.1 Å². The highest BCUT2D eigenvalue weighted by Crippen LogP contribution is 2.23. The smallest absolute Gasteiger partial charge is 0.251 e. The Kier molecular flexibility index (Phi) is 3.91. The second-order valence-electron chi connectivity index (χ2n) is 5.42. The molecule has 8 heteroatoms. The Balaban J connectivity index is 2.11. The molecule has 1 unspecified atom stereocenters. The van der Waals surface area contributed by atoms with Crippen molar-refractivity contribution < 1.29 is 18.4 Å². The van der Waals surface area contributed by atoms with Crippen molar-refractivity contribution in [1.82, 2.24) is 5.32 Å². The Hall–Kier alpha value is -2.09. The predicted molar refractivity (Wildman–Crippen MR) is 78.1 cm³/mol. The minimum Gasteiger partial charge on any atom is -0.409 e. The number of benzene rings is 1. The summed E-state index contributed by atoms with van der Waals surface area (Å²) in [5.74, 6) is -0.350. The SMILES string of the molecule is CC1(NC(=O)c2ccc(C(N)=NO)cc2)CCS(=O)(=O)C1. The number of hydrogen-bond donors (Lipinski definition) is 3. The van der Waals surface area contributed by atoms with Crippen molar-refractivity contribution in [1.29, 1.82) is 0 Å². The second-order valence-corrected chi connectivity index (χ2v) is 7.60. The summed E-state index contributed by atoms with van der Waals surface area (Å²) in [7, 11) is -3.08. The fourth-order valence-corrected chi connectivity index (χ4v) is 4.40. The van der Waals surface area contributed by atoms with E-state index in [2.05, 4.69) is 10.5 Å². The summed E-state index contributed by atoms with van der Waals surface area (Å²) in [6.45, 7) is 1.72. The number of carbonyl (C=O) groups excluding carboxylic acids is 1. The lowest BCUT2D eigenvalue weighted by molar-refractivity contribution is 0.0915. The van der Waals surface area contributed by atoms with Gasteiger partial charge in [0.25, 0.3) is 5.91 Å². The molecule has 21 heavy (non-hydrogen) atoms. The standard InChI is InChI=1S/C13H17N3O4S/c1-13(6-7-21(19,20)8-13)15-12(17)10-4-2-9(3-5-10)11(14)16-18/h2-5,18H,6-8H2,1H3,(H2,14,16)(H,15,17). The first kappa shape index (κ1) is 15.3. The largest absolute Gasteiger partial charge is 0.409 e. The van der Waals surface area contributed by atoms with Crippen molar-refractivity contribution in [3.63, 3.8) is 0 Å². The van der Waals surface area contributed by atoms with E-state index >= 15 is 0 Å². The molecule has 0 radical (unpaired) electrons. The first-order valence-electron chi connectivity index (χ1n) is 6.36. The first-order valence-corrected chi connectivity index (χ1v) is 8.18. The van der Waals surface area contributed by atoms with E-state index in [1.54, 1.807) is 19.1 Å². The monoisotopic (exact) mass is 311 g/mol. The van der Waals surface area contributed by atoms with Gasteiger partial charge in [0.15, 0.2) is 15.7 Å². The van der Waals surface area contributed by atoms with Crippen LogP contribution in [0.2, 0.25) is 0 Å². The average Bonchev–Trinajstić information content (AvgIpc) is 2.71. The van der Waals surface area contributed by atoms with Gasteiger partial charge in [-0.2, -0.15) is 0 Å². The second kappa shape index (κ2) is 5.36. The Morgan fingerprint density at radius 3 is 2.38 bits per heavy atom. The number of nitrogens with zero attached hydrogens (tertiary/aromatic N) is 1. The third kappa shape index (κ3) is 3.52. The predicted octanol–water partition coefficient (Wildman–Crippen LogP) is 0.0881. The minimum absolute atomic E-state index is 0.0455. The van der Waals surface area contributed by atoms with E-state index in [9.17, 15) is 13.2 Å². The van der Waals surface area contributed by atoms with Gasteiger partial charge < -0.3 is 16.3 Å². The lowest BCUT2D eigenvalue weighted by atomic mass is 10.0. The number of rotatable bonds is 3. The Bertz CT molecular complexity index is 682. The molecule has 1 amide bonds. The molecule has 1 aromatic rings. The van der Waals surface area contributed by atoms with E-state index in [0.717, 1.165) is 0 Å². The van der Waals surface area contributed by atoms with Gasteiger partial charge in [-0.1, -0.05) is 17.3 Å². The summed E-state index contributed by atoms with van der Waals surface area (Å²) in [5, 5.41) is 14.2. The maximum Gasteiger partial charge on any atom is 0.251 e. The molecule has 7 nitrogen and oxygen atoms in total. The van der Waals surface area contributed by atoms with Crippen LogP contribution in [-0.4, -0.2) is 42.4 Å². The summed E-state index contributed by atoms with van der Waals surface area (Å²) < 4.78 is 23.0. The summed E-state index contributed by atoms with van der Waals surface area (Å²) in [6, 6.07) is 6.18. The van der Waals surface area contributed by atoms with Crippen molar-refractivity contribution in [2.75, 3.05) is 11.5 Å². The zero-order valence-corrected chi connectivity index (χ0v) is 12.4. The molecule has 1 saturated heterocycles. The van der Waals surface area contributed by atoms with Crippen molar-refractivity contribution >= 4 is 21.6 Å². The molecule has 1 aliphatic heterocycles. The molecular formula is C13H17N3O4S. The quantitative estimate of drug-likeness (QED) is 0.316. The van der Waals surface area contributed by atoms with Gasteiger partial charge in [0.1, 0.15) is 0 Å². The molecule has 1 atom stereocenters. The number of oxime groups is 1. The normalized spacial score (nSPS) is 24.7. The van der Waals surface area contributed by atoms with Gasteiger partial charge in [-0.25, -0.2) is 8.42 Å². The summed E-state index contributed by atoms with van der Waals surface area (Å²) >= 11 is 0. The molecule has 4 N–H and O–H groups in total. The Morgan fingerprint density at radius 2 is 1.90 bits per heavy atom. The number of carbonyl (C=O) groups is 1. The number of amides is 1. The lowest BCUT2D eigenvalue weighted by Gasteiger charge is -2.23. The van der Waals surface area contributed by atoms with E-state index < -0.39 is 15.4 Å². The molecule has 1 aliphatic rings. The van der Waals surface area contributed by atoms with Gasteiger partial charge in [-0.15, -0.1) is 0 Å². The van der Waals surface area contributed by atoms with Crippen molar-refractivity contribution in [2.24, 2.45) is 10.9 Å². The fourth-order valence-electron chi connectivity index (χ4n) is 2.31. The molecule has 1 fully saturated rings. The molecular weight excluding hydrogens is 294 g/mol. The number of sulfone groups is 1. The van der Waals surface area contributed by atoms with E-state index in [1.807, 2.05) is 0 Å². The van der Waals surface area contributed by atoms with E-state index in [-0.39, 0.29) is 23.2 Å². The minimum atomic E-state index is -3.08. The van der Waals surface area contributed by atoms with Gasteiger partial charge in [0, 0.05) is 11.1 Å². The number of nitrogens with two attached hydrogens (primary N) is 1. The van der Waals surface area contributed by atoms with Gasteiger partial charge in [0.2, 0.25) is 0 Å². The molecule has 1 aromatic carbocycles. The van der Waals surface area contributed by atoms with E-state index in [0.29, 0.717) is 17.5 Å². The van der Waals surface area contributed by atoms with Crippen LogP contribution in [0.3, 0.4) is 0 Å². The van der Waals surface area contributed by atoms with Crippen LogP contribution in [0.25, 0.3) is 0 Å². The van der Waals surface area contributed by atoms with Crippen LogP contribution in [0.15, 0.2) is 29.4 Å². The van der Waals surface area contributed by atoms with Crippen molar-refractivity contribution in [3.8, 4) is 0 Å². The third-order valence-electron chi connectivity index (χ3n) is 3.47. The average molecular weight is 311 g/mol. The summed E-state index contributed by atoms with van der Waals surface area (Å²) in [4.78, 5) is 12.2. The van der Waals surface area contributed by atoms with Crippen LogP contribution < -0.4 is 11.1 Å². The van der Waals surface area contributed by atoms with Crippen LogP contribution in [0.5, 0.6) is 0 Å². The molecule has 0 saturated carbocycles. The lowest BCUT2D eigenvalue weighted by Crippen LogP contribution is -2.46. The number of amidine groups is 1. The maximum atomic E-state index is 12.2. The van der Waals surface area contributed by atoms with E-state index in [4.69, 9.17) is 10.9 Å². The van der Waals surface area contributed by atoms with Crippen LogP contribution >= 0.6 is 0 Å². The zero-order chi connectivity index (χ0) is 15.7. The topological polar surface area (TPSA) is 122 Å². The van der Waals surface area contributed by atoms with Gasteiger partial charge in [0.05, 0.1) is 17.0 Å². The van der Waals surface area contributed by atoms with Crippen molar-refractivity contribution in [3.05, 3.63) is 35.4 Å². The Morgan fingerprint density at radius 1 is 1.33 bits per heavy atom. The molecule has 0 bridgehead atoms. The zero-order valence-electron chi connectivity index (χ0n) is 11.5. The number of nitrogens with one attached hydrogen (secondary N) is 1.